The minimum absolute atomic E-state index is 0.0375. The van der Waals surface area contributed by atoms with Crippen LogP contribution in [-0.4, -0.2) is 30.0 Å². The second kappa shape index (κ2) is 8.83. The summed E-state index contributed by atoms with van der Waals surface area (Å²) >= 11 is 3.90. The number of amides is 1. The molecule has 1 heterocycles. The van der Waals surface area contributed by atoms with E-state index < -0.39 is 0 Å². The fourth-order valence-electron chi connectivity index (χ4n) is 2.74. The summed E-state index contributed by atoms with van der Waals surface area (Å²) in [5.41, 5.74) is 2.40. The van der Waals surface area contributed by atoms with E-state index in [1.165, 1.54) is 5.56 Å². The van der Waals surface area contributed by atoms with Crippen LogP contribution in [-0.2, 0) is 16.0 Å². The summed E-state index contributed by atoms with van der Waals surface area (Å²) < 4.78 is 0. The van der Waals surface area contributed by atoms with Crippen molar-refractivity contribution in [2.24, 2.45) is 0 Å². The van der Waals surface area contributed by atoms with Gasteiger partial charge in [-0.3, -0.25) is 9.59 Å². The van der Waals surface area contributed by atoms with Crippen LogP contribution in [0.25, 0.3) is 0 Å². The van der Waals surface area contributed by atoms with Crippen LogP contribution >= 0.6 is 12.6 Å². The molecule has 0 aliphatic carbocycles. The smallest absolute Gasteiger partial charge is 0.229 e. The number of anilines is 1. The number of carbonyl (C=O) groups excluding carboxylic acids is 2. The molecule has 2 rings (SSSR count). The van der Waals surface area contributed by atoms with Gasteiger partial charge in [0.1, 0.15) is 0 Å². The molecule has 1 amide bonds. The van der Waals surface area contributed by atoms with Crippen molar-refractivity contribution in [1.82, 2.24) is 5.32 Å². The summed E-state index contributed by atoms with van der Waals surface area (Å²) in [6, 6.07) is 8.15. The van der Waals surface area contributed by atoms with Gasteiger partial charge in [-0.15, -0.1) is 0 Å². The number of hydrogen-bond donors (Lipinski definition) is 3. The van der Waals surface area contributed by atoms with Gasteiger partial charge in [-0.2, -0.15) is 12.6 Å². The molecule has 1 aliphatic heterocycles. The van der Waals surface area contributed by atoms with Crippen molar-refractivity contribution in [3.63, 3.8) is 0 Å². The number of thiol groups is 1. The molecule has 0 saturated heterocycles. The highest BCUT2D eigenvalue weighted by Gasteiger charge is 2.22. The Balaban J connectivity index is 1.63. The standard InChI is InChI=1S/C17H24N2O2S/c20-16(8-2-1-5-11-18-17(21)12-22)15-10-9-13-6-3-4-7-14(13)19-15/h3-4,6-7,15,19,22H,1-2,5,8-12H2,(H,18,21). The van der Waals surface area contributed by atoms with E-state index in [0.717, 1.165) is 37.8 Å². The Morgan fingerprint density at radius 3 is 2.86 bits per heavy atom. The molecule has 1 unspecified atom stereocenters. The molecule has 1 aromatic rings. The lowest BCUT2D eigenvalue weighted by Gasteiger charge is -2.26. The number of ketones is 1. The van der Waals surface area contributed by atoms with Gasteiger partial charge in [0.15, 0.2) is 5.78 Å². The predicted molar refractivity (Wildman–Crippen MR) is 92.5 cm³/mol. The fraction of sp³-hybridized carbons (Fsp3) is 0.529. The first kappa shape index (κ1) is 16.9. The molecule has 5 heteroatoms. The lowest BCUT2D eigenvalue weighted by atomic mass is 9.94. The van der Waals surface area contributed by atoms with E-state index in [4.69, 9.17) is 0 Å². The molecule has 1 aromatic carbocycles. The van der Waals surface area contributed by atoms with E-state index in [9.17, 15) is 9.59 Å². The fourth-order valence-corrected chi connectivity index (χ4v) is 2.85. The molecule has 1 atom stereocenters. The number of Topliss-reactive ketones (excluding diaryl/α,β-unsaturated/α-hetero) is 1. The molecule has 120 valence electrons. The lowest BCUT2D eigenvalue weighted by molar-refractivity contribution is -0.120. The normalized spacial score (nSPS) is 16.5. The van der Waals surface area contributed by atoms with Crippen LogP contribution in [0, 0.1) is 0 Å². The average Bonchev–Trinajstić information content (AvgIpc) is 2.56. The minimum Gasteiger partial charge on any atom is -0.375 e. The molecule has 22 heavy (non-hydrogen) atoms. The maximum atomic E-state index is 12.3. The van der Waals surface area contributed by atoms with Crippen LogP contribution in [0.15, 0.2) is 24.3 Å². The number of hydrogen-bond acceptors (Lipinski definition) is 4. The maximum absolute atomic E-state index is 12.3. The zero-order valence-corrected chi connectivity index (χ0v) is 13.7. The molecular formula is C17H24N2O2S. The molecule has 1 aliphatic rings. The van der Waals surface area contributed by atoms with E-state index in [0.29, 0.717) is 18.7 Å². The van der Waals surface area contributed by atoms with E-state index in [-0.39, 0.29) is 17.7 Å². The zero-order chi connectivity index (χ0) is 15.8. The Hall–Kier alpha value is -1.49. The van der Waals surface area contributed by atoms with Gasteiger partial charge in [0.05, 0.1) is 11.8 Å². The van der Waals surface area contributed by atoms with Crippen molar-refractivity contribution in [3.05, 3.63) is 29.8 Å². The summed E-state index contributed by atoms with van der Waals surface area (Å²) in [7, 11) is 0. The van der Waals surface area contributed by atoms with E-state index in [1.54, 1.807) is 0 Å². The van der Waals surface area contributed by atoms with Crippen molar-refractivity contribution in [2.75, 3.05) is 17.6 Å². The van der Waals surface area contributed by atoms with Gasteiger partial charge in [0.25, 0.3) is 0 Å². The van der Waals surface area contributed by atoms with E-state index in [1.807, 2.05) is 18.2 Å². The number of rotatable bonds is 8. The monoisotopic (exact) mass is 320 g/mol. The van der Waals surface area contributed by atoms with Crippen molar-refractivity contribution >= 4 is 30.0 Å². The summed E-state index contributed by atoms with van der Waals surface area (Å²) in [6.45, 7) is 0.669. The Kier molecular flexibility index (Phi) is 6.77. The molecule has 0 spiro atoms. The van der Waals surface area contributed by atoms with Crippen LogP contribution in [0.2, 0.25) is 0 Å². The second-order valence-corrected chi connectivity index (χ2v) is 5.99. The molecule has 0 radical (unpaired) electrons. The number of fused-ring (bicyclic) bond motifs is 1. The number of carbonyl (C=O) groups is 2. The van der Waals surface area contributed by atoms with Gasteiger partial charge in [0, 0.05) is 18.7 Å². The summed E-state index contributed by atoms with van der Waals surface area (Å²) in [5, 5.41) is 6.14. The van der Waals surface area contributed by atoms with Gasteiger partial charge in [-0.1, -0.05) is 24.6 Å². The van der Waals surface area contributed by atoms with Gasteiger partial charge in [-0.25, -0.2) is 0 Å². The third-order valence-electron chi connectivity index (χ3n) is 4.00. The first-order valence-corrected chi connectivity index (χ1v) is 8.58. The van der Waals surface area contributed by atoms with Crippen LogP contribution in [0.5, 0.6) is 0 Å². The number of unbranched alkanes of at least 4 members (excludes halogenated alkanes) is 2. The third kappa shape index (κ3) is 5.05. The van der Waals surface area contributed by atoms with E-state index >= 15 is 0 Å². The van der Waals surface area contributed by atoms with Crippen LogP contribution in [0.3, 0.4) is 0 Å². The molecule has 0 fully saturated rings. The van der Waals surface area contributed by atoms with Gasteiger partial charge >= 0.3 is 0 Å². The van der Waals surface area contributed by atoms with Crippen LogP contribution < -0.4 is 10.6 Å². The molecule has 0 aromatic heterocycles. The number of para-hydroxylation sites is 1. The van der Waals surface area contributed by atoms with Crippen molar-refractivity contribution < 1.29 is 9.59 Å². The summed E-state index contributed by atoms with van der Waals surface area (Å²) in [4.78, 5) is 23.3. The molecule has 0 saturated carbocycles. The highest BCUT2D eigenvalue weighted by Crippen LogP contribution is 2.25. The van der Waals surface area contributed by atoms with Crippen molar-refractivity contribution in [1.29, 1.82) is 0 Å². The highest BCUT2D eigenvalue weighted by atomic mass is 32.1. The van der Waals surface area contributed by atoms with Gasteiger partial charge < -0.3 is 10.6 Å². The Morgan fingerprint density at radius 1 is 1.23 bits per heavy atom. The Morgan fingerprint density at radius 2 is 2.05 bits per heavy atom. The summed E-state index contributed by atoms with van der Waals surface area (Å²) in [6.07, 6.45) is 5.22. The minimum atomic E-state index is -0.0428. The zero-order valence-electron chi connectivity index (χ0n) is 12.8. The SMILES string of the molecule is O=C(CS)NCCCCCC(=O)C1CCc2ccccc2N1. The second-order valence-electron chi connectivity index (χ2n) is 5.68. The van der Waals surface area contributed by atoms with Gasteiger partial charge in [0.2, 0.25) is 5.91 Å². The first-order chi connectivity index (χ1) is 10.7. The molecule has 2 N–H and O–H groups in total. The Bertz CT molecular complexity index is 519. The van der Waals surface area contributed by atoms with Crippen molar-refractivity contribution in [3.8, 4) is 0 Å². The van der Waals surface area contributed by atoms with Gasteiger partial charge in [-0.05, 0) is 37.3 Å². The average molecular weight is 320 g/mol. The Labute approximate surface area is 137 Å². The maximum Gasteiger partial charge on any atom is 0.229 e. The third-order valence-corrected chi connectivity index (χ3v) is 4.29. The molecular weight excluding hydrogens is 296 g/mol. The number of benzene rings is 1. The predicted octanol–water partition coefficient (Wildman–Crippen LogP) is 2.59. The largest absolute Gasteiger partial charge is 0.375 e. The van der Waals surface area contributed by atoms with E-state index in [2.05, 4.69) is 29.3 Å². The molecule has 0 bridgehead atoms. The topological polar surface area (TPSA) is 58.2 Å². The highest BCUT2D eigenvalue weighted by molar-refractivity contribution is 7.81. The van der Waals surface area contributed by atoms with Crippen molar-refractivity contribution in [2.45, 2.75) is 44.6 Å². The number of aryl methyl sites for hydroxylation is 1. The first-order valence-electron chi connectivity index (χ1n) is 7.95. The summed E-state index contributed by atoms with van der Waals surface area (Å²) in [5.74, 6) is 0.492. The lowest BCUT2D eigenvalue weighted by Crippen LogP contribution is -2.33. The van der Waals surface area contributed by atoms with Crippen LogP contribution in [0.4, 0.5) is 5.69 Å². The molecule has 4 nitrogen and oxygen atoms in total. The number of nitrogens with one attached hydrogen (secondary N) is 2. The quantitative estimate of drug-likeness (QED) is 0.510. The van der Waals surface area contributed by atoms with Crippen LogP contribution in [0.1, 0.15) is 37.7 Å².